The van der Waals surface area contributed by atoms with E-state index < -0.39 is 4.92 Å². The summed E-state index contributed by atoms with van der Waals surface area (Å²) in [6, 6.07) is 4.10. The number of aldehydes is 1. The van der Waals surface area contributed by atoms with Crippen LogP contribution < -0.4 is 9.47 Å². The number of aromatic nitrogens is 1. The summed E-state index contributed by atoms with van der Waals surface area (Å²) in [5.74, 6) is 0.313. The highest BCUT2D eigenvalue weighted by atomic mass is 35.5. The molecule has 0 spiro atoms. The van der Waals surface area contributed by atoms with Gasteiger partial charge in [-0.15, -0.1) is 0 Å². The number of rotatable bonds is 5. The molecule has 0 aliphatic heterocycles. The van der Waals surface area contributed by atoms with Crippen molar-refractivity contribution in [3.05, 3.63) is 38.3 Å². The van der Waals surface area contributed by atoms with E-state index in [1.54, 1.807) is 0 Å². The zero-order valence-electron chi connectivity index (χ0n) is 10.0. The first-order valence-electron chi connectivity index (χ1n) is 5.17. The quantitative estimate of drug-likeness (QED) is 0.477. The molecular weight excluding hydrogens is 308 g/mol. The van der Waals surface area contributed by atoms with Gasteiger partial charge in [-0.05, 0) is 12.1 Å². The predicted molar refractivity (Wildman–Crippen MR) is 72.2 cm³/mol. The maximum Gasteiger partial charge on any atom is 0.314 e. The molecule has 2 rings (SSSR count). The van der Waals surface area contributed by atoms with Gasteiger partial charge in [0.1, 0.15) is 10.6 Å². The average Bonchev–Trinajstić information content (AvgIpc) is 2.78. The Morgan fingerprint density at radius 2 is 2.25 bits per heavy atom. The Balaban J connectivity index is 2.31. The number of nitro groups is 1. The van der Waals surface area contributed by atoms with Crippen LogP contribution in [0, 0.1) is 10.1 Å². The first kappa shape index (κ1) is 14.2. The fourth-order valence-electron chi connectivity index (χ4n) is 1.39. The second-order valence-corrected chi connectivity index (χ2v) is 4.80. The molecule has 7 nitrogen and oxygen atoms in total. The third kappa shape index (κ3) is 2.86. The highest BCUT2D eigenvalue weighted by Gasteiger charge is 2.17. The van der Waals surface area contributed by atoms with Crippen LogP contribution in [-0.4, -0.2) is 23.3 Å². The van der Waals surface area contributed by atoms with Gasteiger partial charge in [0.2, 0.25) is 0 Å². The summed E-state index contributed by atoms with van der Waals surface area (Å²) >= 11 is 6.64. The SMILES string of the molecule is COc1ccc(Oc2nc(Cl)c(C=O)s2)cc1[N+](=O)[O-]. The van der Waals surface area contributed by atoms with E-state index in [9.17, 15) is 14.9 Å². The standard InChI is InChI=1S/C11H7ClN2O5S/c1-18-8-3-2-6(4-7(8)14(16)17)19-11-13-10(12)9(5-15)20-11/h2-5H,1H3. The summed E-state index contributed by atoms with van der Waals surface area (Å²) in [5, 5.41) is 11.0. The third-order valence-electron chi connectivity index (χ3n) is 2.25. The fourth-order valence-corrected chi connectivity index (χ4v) is 2.32. The highest BCUT2D eigenvalue weighted by Crippen LogP contribution is 2.35. The molecular formula is C11H7ClN2O5S. The Morgan fingerprint density at radius 1 is 1.50 bits per heavy atom. The third-order valence-corrected chi connectivity index (χ3v) is 3.51. The Kier molecular flexibility index (Phi) is 4.16. The van der Waals surface area contributed by atoms with Gasteiger partial charge in [-0.1, -0.05) is 22.9 Å². The van der Waals surface area contributed by atoms with E-state index in [1.165, 1.54) is 25.3 Å². The minimum atomic E-state index is -0.586. The molecule has 0 fully saturated rings. The maximum absolute atomic E-state index is 10.9. The Morgan fingerprint density at radius 3 is 2.80 bits per heavy atom. The van der Waals surface area contributed by atoms with Crippen LogP contribution in [0.1, 0.15) is 9.67 Å². The van der Waals surface area contributed by atoms with Gasteiger partial charge < -0.3 is 9.47 Å². The number of halogens is 1. The molecule has 9 heteroatoms. The Labute approximate surface area is 121 Å². The molecule has 0 saturated heterocycles. The van der Waals surface area contributed by atoms with Crippen molar-refractivity contribution in [2.45, 2.75) is 0 Å². The molecule has 20 heavy (non-hydrogen) atoms. The van der Waals surface area contributed by atoms with Crippen LogP contribution in [0.2, 0.25) is 5.15 Å². The highest BCUT2D eigenvalue weighted by molar-refractivity contribution is 7.15. The molecule has 0 aliphatic rings. The van der Waals surface area contributed by atoms with Crippen LogP contribution in [0.15, 0.2) is 18.2 Å². The zero-order chi connectivity index (χ0) is 14.7. The van der Waals surface area contributed by atoms with Gasteiger partial charge in [0.25, 0.3) is 5.19 Å². The van der Waals surface area contributed by atoms with Crippen LogP contribution in [-0.2, 0) is 0 Å². The number of methoxy groups -OCH3 is 1. The Bertz CT molecular complexity index is 673. The van der Waals surface area contributed by atoms with Crippen molar-refractivity contribution in [1.82, 2.24) is 4.98 Å². The molecule has 0 saturated carbocycles. The molecule has 0 atom stereocenters. The number of hydrogen-bond acceptors (Lipinski definition) is 7. The molecule has 0 aliphatic carbocycles. The van der Waals surface area contributed by atoms with Crippen molar-refractivity contribution in [2.75, 3.05) is 7.11 Å². The number of carbonyl (C=O) groups excluding carboxylic acids is 1. The number of nitrogens with zero attached hydrogens (tertiary/aromatic N) is 2. The molecule has 1 heterocycles. The van der Waals surface area contributed by atoms with E-state index in [-0.39, 0.29) is 32.4 Å². The molecule has 0 amide bonds. The smallest absolute Gasteiger partial charge is 0.314 e. The van der Waals surface area contributed by atoms with Crippen molar-refractivity contribution >= 4 is 34.9 Å². The number of benzene rings is 1. The maximum atomic E-state index is 10.9. The summed E-state index contributed by atoms with van der Waals surface area (Å²) in [6.45, 7) is 0. The number of hydrogen-bond donors (Lipinski definition) is 0. The lowest BCUT2D eigenvalue weighted by Crippen LogP contribution is -1.94. The molecule has 2 aromatic rings. The van der Waals surface area contributed by atoms with Crippen LogP contribution in [0.3, 0.4) is 0 Å². The van der Waals surface area contributed by atoms with Crippen molar-refractivity contribution in [3.63, 3.8) is 0 Å². The van der Waals surface area contributed by atoms with Gasteiger partial charge in [-0.25, -0.2) is 0 Å². The number of carbonyl (C=O) groups is 1. The van der Waals surface area contributed by atoms with Crippen molar-refractivity contribution in [3.8, 4) is 16.7 Å². The number of thiazole rings is 1. The van der Waals surface area contributed by atoms with E-state index in [0.717, 1.165) is 11.3 Å². The fraction of sp³-hybridized carbons (Fsp3) is 0.0909. The van der Waals surface area contributed by atoms with E-state index in [0.29, 0.717) is 6.29 Å². The summed E-state index contributed by atoms with van der Waals surface area (Å²) in [4.78, 5) is 25.0. The topological polar surface area (TPSA) is 91.6 Å². The van der Waals surface area contributed by atoms with Crippen molar-refractivity contribution in [2.24, 2.45) is 0 Å². The van der Waals surface area contributed by atoms with Crippen LogP contribution >= 0.6 is 22.9 Å². The first-order chi connectivity index (χ1) is 9.55. The van der Waals surface area contributed by atoms with Crippen LogP contribution in [0.4, 0.5) is 5.69 Å². The van der Waals surface area contributed by atoms with E-state index in [1.807, 2.05) is 0 Å². The number of ether oxygens (including phenoxy) is 2. The van der Waals surface area contributed by atoms with E-state index in [2.05, 4.69) is 4.98 Å². The lowest BCUT2D eigenvalue weighted by atomic mass is 10.3. The van der Waals surface area contributed by atoms with Gasteiger partial charge >= 0.3 is 5.69 Å². The van der Waals surface area contributed by atoms with Gasteiger partial charge in [0.15, 0.2) is 17.2 Å². The van der Waals surface area contributed by atoms with Crippen molar-refractivity contribution < 1.29 is 19.2 Å². The van der Waals surface area contributed by atoms with Gasteiger partial charge in [-0.3, -0.25) is 14.9 Å². The van der Waals surface area contributed by atoms with Crippen LogP contribution in [0.5, 0.6) is 16.7 Å². The molecule has 1 aromatic carbocycles. The first-order valence-corrected chi connectivity index (χ1v) is 6.36. The van der Waals surface area contributed by atoms with E-state index >= 15 is 0 Å². The zero-order valence-corrected chi connectivity index (χ0v) is 11.6. The van der Waals surface area contributed by atoms with E-state index in [4.69, 9.17) is 21.1 Å². The molecule has 0 bridgehead atoms. The largest absolute Gasteiger partial charge is 0.490 e. The summed E-state index contributed by atoms with van der Waals surface area (Å²) in [5.41, 5.74) is -0.233. The average molecular weight is 315 g/mol. The minimum Gasteiger partial charge on any atom is -0.490 e. The van der Waals surface area contributed by atoms with Gasteiger partial charge in [-0.2, -0.15) is 4.98 Å². The second-order valence-electron chi connectivity index (χ2n) is 3.45. The lowest BCUT2D eigenvalue weighted by molar-refractivity contribution is -0.385. The summed E-state index contributed by atoms with van der Waals surface area (Å²) in [7, 11) is 1.33. The second kappa shape index (κ2) is 5.85. The normalized spacial score (nSPS) is 10.1. The van der Waals surface area contributed by atoms with Gasteiger partial charge in [0.05, 0.1) is 18.1 Å². The molecule has 0 radical (unpaired) electrons. The molecule has 104 valence electrons. The molecule has 0 unspecified atom stereocenters. The Hall–Kier alpha value is -2.19. The van der Waals surface area contributed by atoms with Crippen LogP contribution in [0.25, 0.3) is 0 Å². The minimum absolute atomic E-state index is 0.0306. The lowest BCUT2D eigenvalue weighted by Gasteiger charge is -2.04. The predicted octanol–water partition coefficient (Wildman–Crippen LogP) is 3.32. The summed E-state index contributed by atoms with van der Waals surface area (Å²) < 4.78 is 10.2. The number of nitro benzene ring substituents is 1. The molecule has 0 N–H and O–H groups in total. The van der Waals surface area contributed by atoms with Crippen molar-refractivity contribution in [1.29, 1.82) is 0 Å². The molecule has 1 aromatic heterocycles. The monoisotopic (exact) mass is 314 g/mol. The van der Waals surface area contributed by atoms with Gasteiger partial charge in [0, 0.05) is 0 Å². The summed E-state index contributed by atoms with van der Waals surface area (Å²) in [6.07, 6.45) is 0.559.